The van der Waals surface area contributed by atoms with Gasteiger partial charge < -0.3 is 10.6 Å². The molecule has 20 heavy (non-hydrogen) atoms. The molecular formula is C13H22ClN5O. The highest BCUT2D eigenvalue weighted by Crippen LogP contribution is 2.38. The number of carbonyl (C=O) groups is 1. The molecule has 3 N–H and O–H groups in total. The molecule has 7 heteroatoms. The number of nitrogens with zero attached hydrogens (tertiary/aromatic N) is 3. The number of piperidine rings is 1. The zero-order valence-electron chi connectivity index (χ0n) is 11.7. The van der Waals surface area contributed by atoms with Crippen molar-refractivity contribution in [1.29, 1.82) is 0 Å². The number of aromatic amines is 1. The Morgan fingerprint density at radius 3 is 2.80 bits per heavy atom. The number of carbonyl (C=O) groups excluding carboxylic acids is 1. The molecular weight excluding hydrogens is 278 g/mol. The molecule has 3 rings (SSSR count). The molecule has 1 aromatic rings. The average molecular weight is 300 g/mol. The van der Waals surface area contributed by atoms with Crippen LogP contribution < -0.4 is 5.73 Å². The maximum Gasteiger partial charge on any atom is 0.239 e. The van der Waals surface area contributed by atoms with Crippen LogP contribution in [0.1, 0.15) is 56.1 Å². The van der Waals surface area contributed by atoms with E-state index < -0.39 is 6.04 Å². The van der Waals surface area contributed by atoms with E-state index in [0.29, 0.717) is 12.5 Å². The normalized spacial score (nSPS) is 24.1. The van der Waals surface area contributed by atoms with Crippen LogP contribution in [0.15, 0.2) is 0 Å². The zero-order chi connectivity index (χ0) is 13.4. The summed E-state index contributed by atoms with van der Waals surface area (Å²) in [5.41, 5.74) is 5.67. The van der Waals surface area contributed by atoms with Crippen LogP contribution in [0.2, 0.25) is 0 Å². The van der Waals surface area contributed by atoms with Gasteiger partial charge in [0.05, 0.1) is 6.04 Å². The fourth-order valence-electron chi connectivity index (χ4n) is 2.69. The third kappa shape index (κ3) is 3.12. The number of halogens is 1. The highest BCUT2D eigenvalue weighted by molar-refractivity contribution is 5.85. The van der Waals surface area contributed by atoms with Crippen molar-refractivity contribution < 1.29 is 4.79 Å². The number of likely N-dealkylation sites (tertiary alicyclic amines) is 1. The summed E-state index contributed by atoms with van der Waals surface area (Å²) in [5.74, 6) is 2.75. The minimum absolute atomic E-state index is 0. The Morgan fingerprint density at radius 1 is 1.40 bits per heavy atom. The monoisotopic (exact) mass is 299 g/mol. The Morgan fingerprint density at radius 2 is 2.15 bits per heavy atom. The molecule has 0 radical (unpaired) electrons. The Kier molecular flexibility index (Phi) is 4.65. The Balaban J connectivity index is 0.00000147. The third-order valence-corrected chi connectivity index (χ3v) is 3.97. The molecule has 1 amide bonds. The first-order valence-corrected chi connectivity index (χ1v) is 7.11. The topological polar surface area (TPSA) is 87.9 Å². The summed E-state index contributed by atoms with van der Waals surface area (Å²) < 4.78 is 0. The van der Waals surface area contributed by atoms with Crippen molar-refractivity contribution in [3.8, 4) is 0 Å². The van der Waals surface area contributed by atoms with Crippen molar-refractivity contribution in [2.45, 2.75) is 50.5 Å². The number of rotatable bonds is 3. The minimum atomic E-state index is -0.423. The summed E-state index contributed by atoms with van der Waals surface area (Å²) in [7, 11) is 0. The molecule has 1 unspecified atom stereocenters. The molecule has 112 valence electrons. The summed E-state index contributed by atoms with van der Waals surface area (Å²) in [5, 5.41) is 7.38. The van der Waals surface area contributed by atoms with Gasteiger partial charge in [0, 0.05) is 24.9 Å². The summed E-state index contributed by atoms with van der Waals surface area (Å²) >= 11 is 0. The number of hydrogen-bond acceptors (Lipinski definition) is 4. The van der Waals surface area contributed by atoms with Gasteiger partial charge >= 0.3 is 0 Å². The molecule has 1 saturated heterocycles. The molecule has 2 atom stereocenters. The smallest absolute Gasteiger partial charge is 0.239 e. The highest BCUT2D eigenvalue weighted by atomic mass is 35.5. The van der Waals surface area contributed by atoms with Crippen molar-refractivity contribution in [3.05, 3.63) is 11.6 Å². The van der Waals surface area contributed by atoms with Gasteiger partial charge in [-0.3, -0.25) is 9.89 Å². The molecule has 1 saturated carbocycles. The maximum absolute atomic E-state index is 12.0. The molecule has 0 aromatic carbocycles. The summed E-state index contributed by atoms with van der Waals surface area (Å²) in [6, 6.07) is -0.423. The first kappa shape index (κ1) is 15.3. The Labute approximate surface area is 124 Å². The van der Waals surface area contributed by atoms with E-state index in [0.717, 1.165) is 31.0 Å². The van der Waals surface area contributed by atoms with Gasteiger partial charge in [0.25, 0.3) is 0 Å². The molecule has 1 aromatic heterocycles. The summed E-state index contributed by atoms with van der Waals surface area (Å²) in [6.07, 6.45) is 4.48. The van der Waals surface area contributed by atoms with Crippen LogP contribution in [0.3, 0.4) is 0 Å². The van der Waals surface area contributed by atoms with Gasteiger partial charge in [0.1, 0.15) is 5.82 Å². The lowest BCUT2D eigenvalue weighted by Crippen LogP contribution is -2.46. The molecule has 2 heterocycles. The number of H-pyrrole nitrogens is 1. The fraction of sp³-hybridized carbons (Fsp3) is 0.769. The number of nitrogens with one attached hydrogen (secondary N) is 1. The standard InChI is InChI=1S/C13H21N5O.ClH/c1-8(14)13(19)18-6-2-3-10(7-18)12-15-11(16-17-12)9-4-5-9;/h8-10H,2-7,14H2,1H3,(H,15,16,17);1H/t8-,10?;/m1./s1. The molecule has 0 bridgehead atoms. The molecule has 0 spiro atoms. The lowest BCUT2D eigenvalue weighted by atomic mass is 9.97. The molecule has 2 aliphatic rings. The number of hydrogen-bond donors (Lipinski definition) is 2. The van der Waals surface area contributed by atoms with E-state index in [-0.39, 0.29) is 24.2 Å². The SMILES string of the molecule is C[C@@H](N)C(=O)N1CCCC(c2n[nH]c(C3CC3)n2)C1.Cl. The van der Waals surface area contributed by atoms with Gasteiger partial charge in [-0.15, -0.1) is 12.4 Å². The van der Waals surface area contributed by atoms with Crippen LogP contribution in [0.4, 0.5) is 0 Å². The van der Waals surface area contributed by atoms with E-state index in [9.17, 15) is 4.79 Å². The van der Waals surface area contributed by atoms with E-state index in [4.69, 9.17) is 5.73 Å². The third-order valence-electron chi connectivity index (χ3n) is 3.97. The predicted molar refractivity (Wildman–Crippen MR) is 77.8 cm³/mol. The first-order chi connectivity index (χ1) is 9.15. The second-order valence-electron chi connectivity index (χ2n) is 5.77. The Bertz CT molecular complexity index is 471. The summed E-state index contributed by atoms with van der Waals surface area (Å²) in [4.78, 5) is 18.4. The van der Waals surface area contributed by atoms with Crippen molar-refractivity contribution in [3.63, 3.8) is 0 Å². The van der Waals surface area contributed by atoms with E-state index in [1.54, 1.807) is 6.92 Å². The van der Waals surface area contributed by atoms with E-state index in [1.807, 2.05) is 4.90 Å². The average Bonchev–Trinajstić information content (AvgIpc) is 3.15. The molecule has 1 aliphatic carbocycles. The largest absolute Gasteiger partial charge is 0.341 e. The van der Waals surface area contributed by atoms with Crippen LogP contribution in [0, 0.1) is 0 Å². The van der Waals surface area contributed by atoms with Gasteiger partial charge in [0.15, 0.2) is 5.82 Å². The van der Waals surface area contributed by atoms with Crippen molar-refractivity contribution in [2.75, 3.05) is 13.1 Å². The van der Waals surface area contributed by atoms with Crippen molar-refractivity contribution >= 4 is 18.3 Å². The first-order valence-electron chi connectivity index (χ1n) is 7.11. The maximum atomic E-state index is 12.0. The second kappa shape index (κ2) is 6.10. The summed E-state index contributed by atoms with van der Waals surface area (Å²) in [6.45, 7) is 3.24. The van der Waals surface area contributed by atoms with Crippen molar-refractivity contribution in [1.82, 2.24) is 20.1 Å². The van der Waals surface area contributed by atoms with Crippen LogP contribution in [0.5, 0.6) is 0 Å². The lowest BCUT2D eigenvalue weighted by molar-refractivity contribution is -0.133. The van der Waals surface area contributed by atoms with Gasteiger partial charge in [0.2, 0.25) is 5.91 Å². The van der Waals surface area contributed by atoms with Gasteiger partial charge in [-0.05, 0) is 32.6 Å². The van der Waals surface area contributed by atoms with Gasteiger partial charge in [-0.2, -0.15) is 5.10 Å². The minimum Gasteiger partial charge on any atom is -0.341 e. The zero-order valence-corrected chi connectivity index (χ0v) is 12.5. The predicted octanol–water partition coefficient (Wildman–Crippen LogP) is 1.16. The van der Waals surface area contributed by atoms with Gasteiger partial charge in [-0.25, -0.2) is 4.98 Å². The molecule has 2 fully saturated rings. The van der Waals surface area contributed by atoms with E-state index in [1.165, 1.54) is 12.8 Å². The quantitative estimate of drug-likeness (QED) is 0.876. The van der Waals surface area contributed by atoms with E-state index in [2.05, 4.69) is 15.2 Å². The van der Waals surface area contributed by atoms with Crippen LogP contribution >= 0.6 is 12.4 Å². The second-order valence-corrected chi connectivity index (χ2v) is 5.77. The van der Waals surface area contributed by atoms with Crippen LogP contribution in [-0.2, 0) is 4.79 Å². The Hall–Kier alpha value is -1.14. The van der Waals surface area contributed by atoms with Crippen LogP contribution in [0.25, 0.3) is 0 Å². The lowest BCUT2D eigenvalue weighted by Gasteiger charge is -2.32. The highest BCUT2D eigenvalue weighted by Gasteiger charge is 2.31. The molecule has 6 nitrogen and oxygen atoms in total. The van der Waals surface area contributed by atoms with Gasteiger partial charge in [-0.1, -0.05) is 0 Å². The number of amides is 1. The molecule has 1 aliphatic heterocycles. The van der Waals surface area contributed by atoms with Crippen molar-refractivity contribution in [2.24, 2.45) is 5.73 Å². The van der Waals surface area contributed by atoms with E-state index >= 15 is 0 Å². The fourth-order valence-corrected chi connectivity index (χ4v) is 2.69. The number of nitrogens with two attached hydrogens (primary N) is 1. The van der Waals surface area contributed by atoms with Crippen LogP contribution in [-0.4, -0.2) is 45.1 Å². The number of aromatic nitrogens is 3.